The molecule has 0 aliphatic rings. The third-order valence-electron chi connectivity index (χ3n) is 2.72. The minimum absolute atomic E-state index is 0.193. The second kappa shape index (κ2) is 7.42. The summed E-state index contributed by atoms with van der Waals surface area (Å²) in [7, 11) is 0. The quantitative estimate of drug-likeness (QED) is 0.376. The average Bonchev–Trinajstić information content (AvgIpc) is 2.47. The van der Waals surface area contributed by atoms with Crippen LogP contribution in [0, 0.1) is 0 Å². The van der Waals surface area contributed by atoms with Crippen LogP contribution in [0.1, 0.15) is 11.1 Å². The molecule has 0 fully saturated rings. The highest BCUT2D eigenvalue weighted by Crippen LogP contribution is 2.28. The van der Waals surface area contributed by atoms with E-state index in [0.29, 0.717) is 0 Å². The number of carbonyl (C=O) groups excluding carboxylic acids is 1. The van der Waals surface area contributed by atoms with Crippen LogP contribution in [0.25, 0.3) is 0 Å². The second-order valence-corrected chi connectivity index (χ2v) is 5.91. The summed E-state index contributed by atoms with van der Waals surface area (Å²) in [6, 6.07) is 11.7. The molecular weight excluding hydrogens is 338 g/mol. The van der Waals surface area contributed by atoms with Gasteiger partial charge in [-0.1, -0.05) is 24.3 Å². The minimum Gasteiger partial charge on any atom is -0.294 e. The SMILES string of the molecule is NNC(=O)Cc1ccccc1CSc1ncccc1Br. The van der Waals surface area contributed by atoms with Gasteiger partial charge in [-0.2, -0.15) is 0 Å². The number of pyridine rings is 1. The van der Waals surface area contributed by atoms with Crippen LogP contribution in [0.4, 0.5) is 0 Å². The summed E-state index contributed by atoms with van der Waals surface area (Å²) in [6.45, 7) is 0. The summed E-state index contributed by atoms with van der Waals surface area (Å²) in [5, 5.41) is 0.936. The molecule has 104 valence electrons. The molecule has 1 heterocycles. The molecule has 1 amide bonds. The molecule has 0 radical (unpaired) electrons. The molecule has 0 aliphatic heterocycles. The van der Waals surface area contributed by atoms with E-state index in [1.165, 1.54) is 0 Å². The first-order valence-corrected chi connectivity index (χ1v) is 7.78. The van der Waals surface area contributed by atoms with Crippen molar-refractivity contribution in [3.8, 4) is 0 Å². The zero-order valence-electron chi connectivity index (χ0n) is 10.7. The number of rotatable bonds is 5. The average molecular weight is 352 g/mol. The standard InChI is InChI=1S/C14H14BrN3OS/c15-12-6-3-7-17-14(12)20-9-11-5-2-1-4-10(11)8-13(19)18-16/h1-7H,8-9,16H2,(H,18,19). The molecule has 1 aromatic heterocycles. The Morgan fingerprint density at radius 2 is 2.00 bits per heavy atom. The Morgan fingerprint density at radius 1 is 1.25 bits per heavy atom. The summed E-state index contributed by atoms with van der Waals surface area (Å²) in [4.78, 5) is 15.7. The number of thioether (sulfide) groups is 1. The van der Waals surface area contributed by atoms with E-state index in [9.17, 15) is 4.79 Å². The molecule has 0 bridgehead atoms. The van der Waals surface area contributed by atoms with Gasteiger partial charge in [0, 0.05) is 16.4 Å². The smallest absolute Gasteiger partial charge is 0.238 e. The number of hydrogen-bond donors (Lipinski definition) is 2. The lowest BCUT2D eigenvalue weighted by molar-refractivity contribution is -0.120. The van der Waals surface area contributed by atoms with E-state index in [1.807, 2.05) is 36.4 Å². The van der Waals surface area contributed by atoms with Gasteiger partial charge in [-0.3, -0.25) is 10.2 Å². The monoisotopic (exact) mass is 351 g/mol. The molecule has 6 heteroatoms. The summed E-state index contributed by atoms with van der Waals surface area (Å²) in [5.41, 5.74) is 4.25. The Kier molecular flexibility index (Phi) is 5.58. The molecule has 2 rings (SSSR count). The van der Waals surface area contributed by atoms with Crippen molar-refractivity contribution >= 4 is 33.6 Å². The molecule has 0 spiro atoms. The van der Waals surface area contributed by atoms with Crippen LogP contribution in [-0.4, -0.2) is 10.9 Å². The lowest BCUT2D eigenvalue weighted by atomic mass is 10.1. The summed E-state index contributed by atoms with van der Waals surface area (Å²) >= 11 is 5.10. The Bertz CT molecular complexity index is 606. The highest BCUT2D eigenvalue weighted by Gasteiger charge is 2.08. The minimum atomic E-state index is -0.193. The van der Waals surface area contributed by atoms with Gasteiger partial charge in [0.15, 0.2) is 0 Å². The van der Waals surface area contributed by atoms with E-state index in [4.69, 9.17) is 5.84 Å². The van der Waals surface area contributed by atoms with E-state index in [1.54, 1.807) is 18.0 Å². The normalized spacial score (nSPS) is 10.3. The maximum absolute atomic E-state index is 11.4. The third kappa shape index (κ3) is 4.06. The molecule has 0 unspecified atom stereocenters. The number of nitrogens with zero attached hydrogens (tertiary/aromatic N) is 1. The summed E-state index contributed by atoms with van der Waals surface area (Å²) in [5.74, 6) is 5.69. The predicted octanol–water partition coefficient (Wildman–Crippen LogP) is 2.67. The highest BCUT2D eigenvalue weighted by molar-refractivity contribution is 9.10. The number of hydrazine groups is 1. The zero-order valence-corrected chi connectivity index (χ0v) is 13.1. The fourth-order valence-electron chi connectivity index (χ4n) is 1.72. The van der Waals surface area contributed by atoms with Gasteiger partial charge in [-0.25, -0.2) is 10.8 Å². The zero-order chi connectivity index (χ0) is 14.4. The van der Waals surface area contributed by atoms with Crippen molar-refractivity contribution in [3.05, 3.63) is 58.2 Å². The molecule has 4 nitrogen and oxygen atoms in total. The molecule has 1 aromatic carbocycles. The van der Waals surface area contributed by atoms with E-state index in [0.717, 1.165) is 26.4 Å². The molecule has 0 saturated carbocycles. The van der Waals surface area contributed by atoms with Crippen LogP contribution in [0.3, 0.4) is 0 Å². The van der Waals surface area contributed by atoms with Crippen molar-refractivity contribution in [2.24, 2.45) is 5.84 Å². The van der Waals surface area contributed by atoms with Crippen LogP contribution in [0.5, 0.6) is 0 Å². The summed E-state index contributed by atoms with van der Waals surface area (Å²) < 4.78 is 0.974. The molecule has 2 aromatic rings. The molecule has 0 aliphatic carbocycles. The van der Waals surface area contributed by atoms with Gasteiger partial charge in [0.25, 0.3) is 0 Å². The Hall–Kier alpha value is -1.37. The van der Waals surface area contributed by atoms with Crippen LogP contribution in [0.15, 0.2) is 52.1 Å². The predicted molar refractivity (Wildman–Crippen MR) is 84.0 cm³/mol. The molecular formula is C14H14BrN3OS. The molecule has 3 N–H and O–H groups in total. The number of halogens is 1. The maximum Gasteiger partial charge on any atom is 0.238 e. The third-order valence-corrected chi connectivity index (χ3v) is 4.68. The number of aromatic nitrogens is 1. The number of carbonyl (C=O) groups is 1. The maximum atomic E-state index is 11.4. The lowest BCUT2D eigenvalue weighted by Crippen LogP contribution is -2.31. The van der Waals surface area contributed by atoms with Crippen molar-refractivity contribution in [2.45, 2.75) is 17.2 Å². The van der Waals surface area contributed by atoms with Crippen LogP contribution >= 0.6 is 27.7 Å². The highest BCUT2D eigenvalue weighted by atomic mass is 79.9. The molecule has 0 atom stereocenters. The number of nitrogens with one attached hydrogen (secondary N) is 1. The van der Waals surface area contributed by atoms with Gasteiger partial charge in [0.1, 0.15) is 5.03 Å². The Morgan fingerprint density at radius 3 is 2.70 bits per heavy atom. The molecule has 20 heavy (non-hydrogen) atoms. The van der Waals surface area contributed by atoms with Crippen molar-refractivity contribution in [1.82, 2.24) is 10.4 Å². The van der Waals surface area contributed by atoms with Gasteiger partial charge >= 0.3 is 0 Å². The van der Waals surface area contributed by atoms with E-state index in [2.05, 4.69) is 26.3 Å². The van der Waals surface area contributed by atoms with Gasteiger partial charge in [0.05, 0.1) is 6.42 Å². The van der Waals surface area contributed by atoms with Gasteiger partial charge in [0.2, 0.25) is 5.91 Å². The Balaban J connectivity index is 2.10. The van der Waals surface area contributed by atoms with Crippen molar-refractivity contribution in [1.29, 1.82) is 0 Å². The van der Waals surface area contributed by atoms with Crippen LogP contribution < -0.4 is 11.3 Å². The number of hydrogen-bond acceptors (Lipinski definition) is 4. The largest absolute Gasteiger partial charge is 0.294 e. The fraction of sp³-hybridized carbons (Fsp3) is 0.143. The molecule has 0 saturated heterocycles. The second-order valence-electron chi connectivity index (χ2n) is 4.09. The summed E-state index contributed by atoms with van der Waals surface area (Å²) in [6.07, 6.45) is 2.05. The van der Waals surface area contributed by atoms with Crippen molar-refractivity contribution in [2.75, 3.05) is 0 Å². The van der Waals surface area contributed by atoms with Crippen LogP contribution in [-0.2, 0) is 17.0 Å². The van der Waals surface area contributed by atoms with E-state index < -0.39 is 0 Å². The number of nitrogens with two attached hydrogens (primary N) is 1. The van der Waals surface area contributed by atoms with Crippen molar-refractivity contribution < 1.29 is 4.79 Å². The first-order valence-electron chi connectivity index (χ1n) is 6.00. The van der Waals surface area contributed by atoms with Crippen LogP contribution in [0.2, 0.25) is 0 Å². The lowest BCUT2D eigenvalue weighted by Gasteiger charge is -2.09. The first kappa shape index (κ1) is 15.0. The van der Waals surface area contributed by atoms with E-state index in [-0.39, 0.29) is 12.3 Å². The first-order chi connectivity index (χ1) is 9.70. The topological polar surface area (TPSA) is 68.0 Å². The van der Waals surface area contributed by atoms with Gasteiger partial charge < -0.3 is 0 Å². The number of amides is 1. The Labute approximate surface area is 130 Å². The fourth-order valence-corrected chi connectivity index (χ4v) is 3.23. The van der Waals surface area contributed by atoms with Crippen molar-refractivity contribution in [3.63, 3.8) is 0 Å². The van der Waals surface area contributed by atoms with Gasteiger partial charge in [-0.05, 0) is 39.2 Å². The number of benzene rings is 1. The van der Waals surface area contributed by atoms with Gasteiger partial charge in [-0.15, -0.1) is 11.8 Å². The van der Waals surface area contributed by atoms with E-state index >= 15 is 0 Å².